The van der Waals surface area contributed by atoms with Crippen LogP contribution in [0, 0.1) is 6.92 Å². The highest BCUT2D eigenvalue weighted by Crippen LogP contribution is 2.19. The van der Waals surface area contributed by atoms with Crippen LogP contribution in [0.25, 0.3) is 0 Å². The normalized spacial score (nSPS) is 12.6. The molecule has 6 heteroatoms. The van der Waals surface area contributed by atoms with E-state index in [0.29, 0.717) is 19.0 Å². The third-order valence-electron chi connectivity index (χ3n) is 4.32. The van der Waals surface area contributed by atoms with E-state index < -0.39 is 6.10 Å². The summed E-state index contributed by atoms with van der Waals surface area (Å²) in [6.45, 7) is 9.64. The molecule has 3 N–H and O–H groups in total. The van der Waals surface area contributed by atoms with E-state index in [-0.39, 0.29) is 6.10 Å². The van der Waals surface area contributed by atoms with Gasteiger partial charge in [0.05, 0.1) is 25.9 Å². The monoisotopic (exact) mass is 399 g/mol. The van der Waals surface area contributed by atoms with Gasteiger partial charge in [0.2, 0.25) is 0 Å². The number of benzene rings is 2. The van der Waals surface area contributed by atoms with E-state index in [1.165, 1.54) is 0 Å². The van der Waals surface area contributed by atoms with Crippen molar-refractivity contribution in [2.24, 2.45) is 4.99 Å². The Bertz CT molecular complexity index is 788. The molecule has 0 aliphatic rings. The maximum Gasteiger partial charge on any atom is 0.191 e. The van der Waals surface area contributed by atoms with E-state index >= 15 is 0 Å². The fourth-order valence-corrected chi connectivity index (χ4v) is 2.90. The van der Waals surface area contributed by atoms with Gasteiger partial charge in [0, 0.05) is 13.1 Å². The number of ether oxygens (including phenoxy) is 2. The van der Waals surface area contributed by atoms with Crippen molar-refractivity contribution in [3.05, 3.63) is 59.2 Å². The summed E-state index contributed by atoms with van der Waals surface area (Å²) in [6, 6.07) is 13.6. The lowest BCUT2D eigenvalue weighted by Crippen LogP contribution is -2.39. The largest absolute Gasteiger partial charge is 0.496 e. The van der Waals surface area contributed by atoms with E-state index in [1.807, 2.05) is 64.1 Å². The van der Waals surface area contributed by atoms with Crippen molar-refractivity contribution in [3.8, 4) is 11.5 Å². The molecular weight excluding hydrogens is 366 g/mol. The van der Waals surface area contributed by atoms with Gasteiger partial charge in [0.25, 0.3) is 0 Å². The number of guanidine groups is 1. The Labute approximate surface area is 174 Å². The van der Waals surface area contributed by atoms with Crippen LogP contribution in [0.2, 0.25) is 0 Å². The van der Waals surface area contributed by atoms with Gasteiger partial charge < -0.3 is 25.2 Å². The van der Waals surface area contributed by atoms with Crippen LogP contribution in [-0.4, -0.2) is 37.4 Å². The van der Waals surface area contributed by atoms with Gasteiger partial charge in [-0.15, -0.1) is 0 Å². The van der Waals surface area contributed by atoms with Gasteiger partial charge in [-0.25, -0.2) is 4.99 Å². The summed E-state index contributed by atoms with van der Waals surface area (Å²) in [5.74, 6) is 2.34. The first-order valence-corrected chi connectivity index (χ1v) is 10.0. The van der Waals surface area contributed by atoms with E-state index in [2.05, 4.69) is 21.7 Å². The molecule has 0 spiro atoms. The van der Waals surface area contributed by atoms with Crippen LogP contribution < -0.4 is 20.1 Å². The number of nitrogens with one attached hydrogen (secondary N) is 2. The molecule has 0 bridgehead atoms. The van der Waals surface area contributed by atoms with Crippen LogP contribution >= 0.6 is 0 Å². The number of aliphatic hydroxyl groups excluding tert-OH is 1. The van der Waals surface area contributed by atoms with Crippen LogP contribution in [0.4, 0.5) is 0 Å². The van der Waals surface area contributed by atoms with Crippen molar-refractivity contribution in [2.45, 2.75) is 46.4 Å². The minimum Gasteiger partial charge on any atom is -0.496 e. The number of aryl methyl sites for hydroxylation is 1. The second kappa shape index (κ2) is 11.3. The summed E-state index contributed by atoms with van der Waals surface area (Å²) >= 11 is 0. The van der Waals surface area contributed by atoms with Gasteiger partial charge in [-0.05, 0) is 62.6 Å². The van der Waals surface area contributed by atoms with E-state index in [1.54, 1.807) is 7.11 Å². The van der Waals surface area contributed by atoms with Crippen molar-refractivity contribution in [1.29, 1.82) is 0 Å². The molecule has 0 heterocycles. The first-order valence-electron chi connectivity index (χ1n) is 10.0. The molecule has 0 amide bonds. The molecular formula is C23H33N3O3. The molecule has 0 fully saturated rings. The maximum atomic E-state index is 10.5. The van der Waals surface area contributed by atoms with Crippen LogP contribution in [0.1, 0.15) is 43.6 Å². The molecule has 0 saturated heterocycles. The molecule has 0 aliphatic heterocycles. The second-order valence-electron chi connectivity index (χ2n) is 7.13. The summed E-state index contributed by atoms with van der Waals surface area (Å²) in [6.07, 6.45) is -0.518. The Hall–Kier alpha value is -2.73. The first kappa shape index (κ1) is 22.6. The topological polar surface area (TPSA) is 75.1 Å². The zero-order valence-corrected chi connectivity index (χ0v) is 18.0. The van der Waals surface area contributed by atoms with Gasteiger partial charge in [0.15, 0.2) is 5.96 Å². The van der Waals surface area contributed by atoms with E-state index in [9.17, 15) is 5.11 Å². The average Bonchev–Trinajstić information content (AvgIpc) is 2.70. The number of nitrogens with zero attached hydrogens (tertiary/aromatic N) is 1. The van der Waals surface area contributed by atoms with Gasteiger partial charge in [-0.2, -0.15) is 0 Å². The first-order chi connectivity index (χ1) is 13.9. The molecule has 0 radical (unpaired) electrons. The predicted molar refractivity (Wildman–Crippen MR) is 118 cm³/mol. The van der Waals surface area contributed by atoms with Crippen molar-refractivity contribution >= 4 is 5.96 Å². The Morgan fingerprint density at radius 3 is 2.41 bits per heavy atom. The highest BCUT2D eigenvalue weighted by molar-refractivity contribution is 5.79. The molecule has 6 nitrogen and oxygen atoms in total. The highest BCUT2D eigenvalue weighted by Gasteiger charge is 2.09. The standard InChI is InChI=1S/C23H33N3O3/c1-6-24-23(25-14-18-7-12-22(28-5)17(4)13-18)26-15-21(27)19-8-10-20(11-9-19)29-16(2)3/h7-13,16,21,27H,6,14-15H2,1-5H3,(H2,24,25,26). The zero-order chi connectivity index (χ0) is 21.2. The van der Waals surface area contributed by atoms with Gasteiger partial charge in [-0.3, -0.25) is 0 Å². The van der Waals surface area contributed by atoms with Crippen LogP contribution in [0.15, 0.2) is 47.5 Å². The Morgan fingerprint density at radius 2 is 1.83 bits per heavy atom. The summed E-state index contributed by atoms with van der Waals surface area (Å²) in [4.78, 5) is 4.62. The summed E-state index contributed by atoms with van der Waals surface area (Å²) in [5, 5.41) is 16.9. The third-order valence-corrected chi connectivity index (χ3v) is 4.32. The number of aliphatic imine (C=N–C) groups is 1. The van der Waals surface area contributed by atoms with Gasteiger partial charge in [-0.1, -0.05) is 24.3 Å². The Kier molecular flexibility index (Phi) is 8.80. The lowest BCUT2D eigenvalue weighted by Gasteiger charge is -2.16. The zero-order valence-electron chi connectivity index (χ0n) is 18.0. The maximum absolute atomic E-state index is 10.5. The fourth-order valence-electron chi connectivity index (χ4n) is 2.90. The number of rotatable bonds is 9. The number of hydrogen-bond donors (Lipinski definition) is 3. The smallest absolute Gasteiger partial charge is 0.191 e. The Morgan fingerprint density at radius 1 is 1.10 bits per heavy atom. The van der Waals surface area contributed by atoms with Crippen molar-refractivity contribution < 1.29 is 14.6 Å². The quantitative estimate of drug-likeness (QED) is 0.444. The molecule has 0 aromatic heterocycles. The molecule has 1 atom stereocenters. The minimum atomic E-state index is -0.643. The molecule has 1 unspecified atom stereocenters. The van der Waals surface area contributed by atoms with Crippen LogP contribution in [0.5, 0.6) is 11.5 Å². The lowest BCUT2D eigenvalue weighted by molar-refractivity contribution is 0.180. The summed E-state index contributed by atoms with van der Waals surface area (Å²) in [5.41, 5.74) is 3.01. The fraction of sp³-hybridized carbons (Fsp3) is 0.435. The van der Waals surface area contributed by atoms with Crippen molar-refractivity contribution in [3.63, 3.8) is 0 Å². The van der Waals surface area contributed by atoms with Crippen LogP contribution in [-0.2, 0) is 6.54 Å². The van der Waals surface area contributed by atoms with Gasteiger partial charge >= 0.3 is 0 Å². The third kappa shape index (κ3) is 7.31. The molecule has 2 aromatic rings. The molecule has 0 saturated carbocycles. The van der Waals surface area contributed by atoms with Crippen molar-refractivity contribution in [2.75, 3.05) is 20.2 Å². The SMILES string of the molecule is CCNC(=NCc1ccc(OC)c(C)c1)NCC(O)c1ccc(OC(C)C)cc1. The summed E-state index contributed by atoms with van der Waals surface area (Å²) in [7, 11) is 1.67. The average molecular weight is 400 g/mol. The van der Waals surface area contributed by atoms with Crippen LogP contribution in [0.3, 0.4) is 0 Å². The molecule has 29 heavy (non-hydrogen) atoms. The Balaban J connectivity index is 1.95. The molecule has 2 aromatic carbocycles. The molecule has 2 rings (SSSR count). The predicted octanol–water partition coefficient (Wildman–Crippen LogP) is 3.58. The number of methoxy groups -OCH3 is 1. The van der Waals surface area contributed by atoms with Gasteiger partial charge in [0.1, 0.15) is 11.5 Å². The minimum absolute atomic E-state index is 0.126. The van der Waals surface area contributed by atoms with E-state index in [0.717, 1.165) is 34.7 Å². The number of aliphatic hydroxyl groups is 1. The summed E-state index contributed by atoms with van der Waals surface area (Å²) < 4.78 is 10.9. The van der Waals surface area contributed by atoms with Crippen molar-refractivity contribution in [1.82, 2.24) is 10.6 Å². The molecule has 158 valence electrons. The second-order valence-corrected chi connectivity index (χ2v) is 7.13. The highest BCUT2D eigenvalue weighted by atomic mass is 16.5. The molecule has 0 aliphatic carbocycles. The lowest BCUT2D eigenvalue weighted by atomic mass is 10.1. The van der Waals surface area contributed by atoms with E-state index in [4.69, 9.17) is 9.47 Å². The number of hydrogen-bond acceptors (Lipinski definition) is 4.